The molecule has 1 aliphatic rings. The summed E-state index contributed by atoms with van der Waals surface area (Å²) >= 11 is 1.29. The summed E-state index contributed by atoms with van der Waals surface area (Å²) in [5, 5.41) is 4.27. The number of rotatable bonds is 6. The highest BCUT2D eigenvalue weighted by Crippen LogP contribution is 2.31. The molecular weight excluding hydrogens is 428 g/mol. The van der Waals surface area contributed by atoms with Crippen LogP contribution >= 0.6 is 11.3 Å². The lowest BCUT2D eigenvalue weighted by atomic mass is 9.96. The maximum Gasteiger partial charge on any atom is 0.338 e. The van der Waals surface area contributed by atoms with E-state index in [-0.39, 0.29) is 12.2 Å². The van der Waals surface area contributed by atoms with Gasteiger partial charge in [0.15, 0.2) is 4.80 Å². The van der Waals surface area contributed by atoms with Gasteiger partial charge >= 0.3 is 5.97 Å². The Morgan fingerprint density at radius 1 is 1.22 bits per heavy atom. The van der Waals surface area contributed by atoms with Gasteiger partial charge in [-0.3, -0.25) is 14.0 Å². The van der Waals surface area contributed by atoms with E-state index in [4.69, 9.17) is 9.47 Å². The number of thiazole rings is 1. The molecule has 3 heterocycles. The van der Waals surface area contributed by atoms with Crippen molar-refractivity contribution in [3.8, 4) is 5.75 Å². The lowest BCUT2D eigenvalue weighted by Crippen LogP contribution is -2.40. The maximum atomic E-state index is 13.5. The average molecular weight is 453 g/mol. The predicted molar refractivity (Wildman–Crippen MR) is 121 cm³/mol. The van der Waals surface area contributed by atoms with Crippen LogP contribution in [-0.2, 0) is 16.1 Å². The number of fused-ring (bicyclic) bond motifs is 1. The van der Waals surface area contributed by atoms with Crippen LogP contribution in [0.5, 0.6) is 5.75 Å². The number of allylic oxidation sites excluding steroid dienone is 1. The van der Waals surface area contributed by atoms with Crippen molar-refractivity contribution in [2.24, 2.45) is 4.99 Å². The molecule has 0 amide bonds. The van der Waals surface area contributed by atoms with Crippen LogP contribution in [0.25, 0.3) is 6.08 Å². The molecule has 8 nitrogen and oxygen atoms in total. The third-order valence-electron chi connectivity index (χ3n) is 5.28. The lowest BCUT2D eigenvalue weighted by molar-refractivity contribution is -0.139. The summed E-state index contributed by atoms with van der Waals surface area (Å²) in [4.78, 5) is 31.5. The van der Waals surface area contributed by atoms with Gasteiger partial charge in [0, 0.05) is 12.7 Å². The number of aryl methyl sites for hydroxylation is 1. The summed E-state index contributed by atoms with van der Waals surface area (Å²) in [5.41, 5.74) is 2.28. The summed E-state index contributed by atoms with van der Waals surface area (Å²) in [6, 6.07) is 8.54. The molecule has 0 saturated carbocycles. The summed E-state index contributed by atoms with van der Waals surface area (Å²) in [6.07, 6.45) is 3.52. The van der Waals surface area contributed by atoms with Crippen LogP contribution in [0.2, 0.25) is 0 Å². The molecule has 166 valence electrons. The fraction of sp³-hybridized carbons (Fsp3) is 0.304. The van der Waals surface area contributed by atoms with E-state index in [1.54, 1.807) is 31.7 Å². The van der Waals surface area contributed by atoms with E-state index in [1.165, 1.54) is 11.3 Å². The van der Waals surface area contributed by atoms with Crippen LogP contribution in [0.4, 0.5) is 0 Å². The molecule has 9 heteroatoms. The Hall–Kier alpha value is -3.46. The van der Waals surface area contributed by atoms with E-state index in [2.05, 4.69) is 10.1 Å². The highest BCUT2D eigenvalue weighted by atomic mass is 32.1. The van der Waals surface area contributed by atoms with Gasteiger partial charge in [-0.2, -0.15) is 5.10 Å². The Kier molecular flexibility index (Phi) is 6.09. The third kappa shape index (κ3) is 3.80. The minimum atomic E-state index is -0.644. The first-order valence-corrected chi connectivity index (χ1v) is 11.2. The van der Waals surface area contributed by atoms with E-state index in [0.29, 0.717) is 32.9 Å². The molecule has 4 rings (SSSR count). The summed E-state index contributed by atoms with van der Waals surface area (Å²) in [7, 11) is 1.59. The fourth-order valence-corrected chi connectivity index (χ4v) is 4.79. The standard InChI is InChI=1S/C23H24N4O4S/c1-5-26-16(11-12-24-26)13-18-21(28)27-20(15-7-9-17(30-4)10-8-15)19(22(29)31-6-2)14(3)25-23(27)32-18/h7-13,20H,5-6H2,1-4H3/b18-13+/t20-/m0/s1. The van der Waals surface area contributed by atoms with Gasteiger partial charge in [-0.15, -0.1) is 0 Å². The van der Waals surface area contributed by atoms with Crippen molar-refractivity contribution in [3.63, 3.8) is 0 Å². The normalized spacial score (nSPS) is 16.0. The number of nitrogens with zero attached hydrogens (tertiary/aromatic N) is 4. The largest absolute Gasteiger partial charge is 0.497 e. The van der Waals surface area contributed by atoms with Crippen molar-refractivity contribution in [1.29, 1.82) is 0 Å². The zero-order chi connectivity index (χ0) is 22.8. The highest BCUT2D eigenvalue weighted by Gasteiger charge is 2.33. The highest BCUT2D eigenvalue weighted by molar-refractivity contribution is 7.07. The fourth-order valence-electron chi connectivity index (χ4n) is 3.76. The van der Waals surface area contributed by atoms with Crippen molar-refractivity contribution < 1.29 is 14.3 Å². The average Bonchev–Trinajstić information content (AvgIpc) is 3.37. The Balaban J connectivity index is 1.95. The Morgan fingerprint density at radius 2 is 1.97 bits per heavy atom. The first-order valence-electron chi connectivity index (χ1n) is 10.3. The number of ether oxygens (including phenoxy) is 2. The number of methoxy groups -OCH3 is 1. The maximum absolute atomic E-state index is 13.5. The van der Waals surface area contributed by atoms with Gasteiger partial charge in [0.25, 0.3) is 5.56 Å². The van der Waals surface area contributed by atoms with E-state index in [9.17, 15) is 9.59 Å². The minimum Gasteiger partial charge on any atom is -0.497 e. The number of aromatic nitrogens is 3. The number of benzene rings is 1. The molecule has 1 atom stereocenters. The molecule has 0 unspecified atom stereocenters. The second kappa shape index (κ2) is 8.96. The second-order valence-corrected chi connectivity index (χ2v) is 8.16. The van der Waals surface area contributed by atoms with Crippen LogP contribution in [0, 0.1) is 0 Å². The number of hydrogen-bond donors (Lipinski definition) is 0. The molecule has 3 aromatic rings. The molecule has 1 aromatic carbocycles. The van der Waals surface area contributed by atoms with E-state index in [1.807, 2.05) is 48.0 Å². The molecule has 0 N–H and O–H groups in total. The van der Waals surface area contributed by atoms with Crippen LogP contribution in [-0.4, -0.2) is 34.0 Å². The Labute approximate surface area is 188 Å². The van der Waals surface area contributed by atoms with Gasteiger partial charge in [-0.1, -0.05) is 23.5 Å². The van der Waals surface area contributed by atoms with Crippen LogP contribution in [0.1, 0.15) is 38.1 Å². The second-order valence-electron chi connectivity index (χ2n) is 7.15. The van der Waals surface area contributed by atoms with Crippen molar-refractivity contribution in [2.45, 2.75) is 33.4 Å². The summed E-state index contributed by atoms with van der Waals surface area (Å²) in [5.74, 6) is 0.209. The number of hydrogen-bond acceptors (Lipinski definition) is 7. The molecule has 0 saturated heterocycles. The summed E-state index contributed by atoms with van der Waals surface area (Å²) < 4.78 is 14.5. The molecule has 1 aliphatic heterocycles. The van der Waals surface area contributed by atoms with Crippen molar-refractivity contribution >= 4 is 23.4 Å². The Morgan fingerprint density at radius 3 is 2.62 bits per heavy atom. The molecule has 0 spiro atoms. The zero-order valence-corrected chi connectivity index (χ0v) is 19.2. The van der Waals surface area contributed by atoms with Crippen molar-refractivity contribution in [3.05, 3.63) is 78.7 Å². The first-order chi connectivity index (χ1) is 15.5. The molecular formula is C23H24N4O4S. The van der Waals surface area contributed by atoms with Crippen LogP contribution < -0.4 is 19.6 Å². The van der Waals surface area contributed by atoms with Gasteiger partial charge in [0.1, 0.15) is 5.75 Å². The topological polar surface area (TPSA) is 87.7 Å². The molecule has 0 bridgehead atoms. The molecule has 2 aromatic heterocycles. The molecule has 0 aliphatic carbocycles. The van der Waals surface area contributed by atoms with Crippen LogP contribution in [0.15, 0.2) is 57.6 Å². The van der Waals surface area contributed by atoms with E-state index < -0.39 is 12.0 Å². The van der Waals surface area contributed by atoms with Gasteiger partial charge in [-0.05, 0) is 50.6 Å². The van der Waals surface area contributed by atoms with Crippen molar-refractivity contribution in [2.75, 3.05) is 13.7 Å². The number of carbonyl (C=O) groups excluding carboxylic acids is 1. The number of carbonyl (C=O) groups is 1. The first kappa shape index (κ1) is 21.8. The van der Waals surface area contributed by atoms with Crippen LogP contribution in [0.3, 0.4) is 0 Å². The smallest absolute Gasteiger partial charge is 0.338 e. The van der Waals surface area contributed by atoms with Gasteiger partial charge in [0.2, 0.25) is 0 Å². The minimum absolute atomic E-state index is 0.215. The monoisotopic (exact) mass is 452 g/mol. The predicted octanol–water partition coefficient (Wildman–Crippen LogP) is 2.02. The quantitative estimate of drug-likeness (QED) is 0.534. The lowest BCUT2D eigenvalue weighted by Gasteiger charge is -2.24. The van der Waals surface area contributed by atoms with Gasteiger partial charge in [0.05, 0.1) is 41.3 Å². The third-order valence-corrected chi connectivity index (χ3v) is 6.26. The molecule has 32 heavy (non-hydrogen) atoms. The number of esters is 1. The Bertz CT molecular complexity index is 1360. The SMILES string of the molecule is CCOC(=O)C1=C(C)N=c2s/c(=C/c3ccnn3CC)c(=O)n2[C@H]1c1ccc(OC)cc1. The van der Waals surface area contributed by atoms with E-state index >= 15 is 0 Å². The van der Waals surface area contributed by atoms with Gasteiger partial charge < -0.3 is 9.47 Å². The van der Waals surface area contributed by atoms with Crippen molar-refractivity contribution in [1.82, 2.24) is 14.3 Å². The zero-order valence-electron chi connectivity index (χ0n) is 18.4. The van der Waals surface area contributed by atoms with E-state index in [0.717, 1.165) is 11.3 Å². The van der Waals surface area contributed by atoms with Gasteiger partial charge in [-0.25, -0.2) is 9.79 Å². The summed E-state index contributed by atoms with van der Waals surface area (Å²) in [6.45, 7) is 6.44. The molecule has 0 radical (unpaired) electrons. The molecule has 0 fully saturated rings.